The van der Waals surface area contributed by atoms with Gasteiger partial charge < -0.3 is 9.64 Å². The van der Waals surface area contributed by atoms with Gasteiger partial charge in [0.2, 0.25) is 0 Å². The molecule has 2 aliphatic heterocycles. The number of sulfone groups is 1. The van der Waals surface area contributed by atoms with Crippen molar-refractivity contribution in [3.8, 4) is 5.75 Å². The van der Waals surface area contributed by atoms with E-state index in [2.05, 4.69) is 4.99 Å². The molecule has 1 amide bonds. The van der Waals surface area contributed by atoms with Gasteiger partial charge in [-0.3, -0.25) is 4.79 Å². The summed E-state index contributed by atoms with van der Waals surface area (Å²) in [6, 6.07) is 4.86. The number of aliphatic imine (C=N–C) groups is 1. The molecule has 1 aromatic rings. The number of fused-ring (bicyclic) bond motifs is 1. The van der Waals surface area contributed by atoms with Crippen LogP contribution in [0.4, 0.5) is 5.69 Å². The third-order valence-corrected chi connectivity index (χ3v) is 8.15. The second-order valence-corrected chi connectivity index (χ2v) is 10.3. The fraction of sp³-hybridized carbons (Fsp3) is 0.529. The molecule has 142 valence electrons. The summed E-state index contributed by atoms with van der Waals surface area (Å²) in [5.41, 5.74) is 0.632. The molecule has 2 heterocycles. The van der Waals surface area contributed by atoms with Gasteiger partial charge in [-0.1, -0.05) is 37.2 Å². The van der Waals surface area contributed by atoms with Crippen molar-refractivity contribution in [1.29, 1.82) is 0 Å². The SMILES string of the molecule is CC[C@H](C)C(=O)N=C1S[C@H]2CS(=O)(=O)C[C@H]2N1c1cc(Cl)ccc1OC. The van der Waals surface area contributed by atoms with Crippen molar-refractivity contribution in [3.63, 3.8) is 0 Å². The Bertz CT molecular complexity index is 856. The summed E-state index contributed by atoms with van der Waals surface area (Å²) in [4.78, 5) is 18.5. The lowest BCUT2D eigenvalue weighted by molar-refractivity contribution is -0.121. The Labute approximate surface area is 162 Å². The minimum absolute atomic E-state index is 0.0247. The average Bonchev–Trinajstić information content (AvgIpc) is 3.04. The number of ether oxygens (including phenoxy) is 1. The Balaban J connectivity index is 2.08. The summed E-state index contributed by atoms with van der Waals surface area (Å²) < 4.78 is 29.7. The molecule has 0 saturated carbocycles. The molecule has 0 bridgehead atoms. The summed E-state index contributed by atoms with van der Waals surface area (Å²) >= 11 is 7.51. The molecule has 3 rings (SSSR count). The minimum atomic E-state index is -3.13. The highest BCUT2D eigenvalue weighted by atomic mass is 35.5. The number of carbonyl (C=O) groups excluding carboxylic acids is 1. The van der Waals surface area contributed by atoms with Gasteiger partial charge in [0.05, 0.1) is 30.3 Å². The van der Waals surface area contributed by atoms with E-state index in [1.54, 1.807) is 25.3 Å². The molecule has 2 aliphatic rings. The number of carbonyl (C=O) groups is 1. The van der Waals surface area contributed by atoms with Gasteiger partial charge in [0.15, 0.2) is 15.0 Å². The Kier molecular flexibility index (Phi) is 5.55. The third kappa shape index (κ3) is 3.73. The van der Waals surface area contributed by atoms with E-state index in [9.17, 15) is 13.2 Å². The number of rotatable bonds is 4. The van der Waals surface area contributed by atoms with E-state index < -0.39 is 9.84 Å². The Morgan fingerprint density at radius 1 is 1.46 bits per heavy atom. The van der Waals surface area contributed by atoms with Gasteiger partial charge in [-0.05, 0) is 24.6 Å². The second kappa shape index (κ2) is 7.40. The molecule has 0 unspecified atom stereocenters. The van der Waals surface area contributed by atoms with Crippen LogP contribution in [0.3, 0.4) is 0 Å². The van der Waals surface area contributed by atoms with Crippen molar-refractivity contribution >= 4 is 50.0 Å². The minimum Gasteiger partial charge on any atom is -0.495 e. The zero-order valence-electron chi connectivity index (χ0n) is 14.8. The number of benzene rings is 1. The number of halogens is 1. The fourth-order valence-corrected chi connectivity index (χ4v) is 7.16. The van der Waals surface area contributed by atoms with Crippen molar-refractivity contribution in [2.24, 2.45) is 10.9 Å². The first-order valence-corrected chi connectivity index (χ1v) is 11.5. The zero-order valence-corrected chi connectivity index (χ0v) is 17.2. The van der Waals surface area contributed by atoms with Crippen LogP contribution in [0.15, 0.2) is 23.2 Å². The first-order valence-electron chi connectivity index (χ1n) is 8.38. The number of amidine groups is 1. The monoisotopic (exact) mass is 416 g/mol. The van der Waals surface area contributed by atoms with E-state index in [1.807, 2.05) is 18.7 Å². The third-order valence-electron chi connectivity index (χ3n) is 4.71. The van der Waals surface area contributed by atoms with Gasteiger partial charge >= 0.3 is 0 Å². The van der Waals surface area contributed by atoms with Gasteiger partial charge in [0, 0.05) is 16.2 Å². The van der Waals surface area contributed by atoms with Crippen molar-refractivity contribution in [1.82, 2.24) is 0 Å². The molecule has 26 heavy (non-hydrogen) atoms. The quantitative estimate of drug-likeness (QED) is 0.750. The molecule has 0 spiro atoms. The average molecular weight is 417 g/mol. The van der Waals surface area contributed by atoms with Crippen LogP contribution in [0.2, 0.25) is 5.02 Å². The van der Waals surface area contributed by atoms with Crippen LogP contribution >= 0.6 is 23.4 Å². The Morgan fingerprint density at radius 2 is 2.19 bits per heavy atom. The Morgan fingerprint density at radius 3 is 2.85 bits per heavy atom. The molecule has 3 atom stereocenters. The first-order chi connectivity index (χ1) is 12.3. The highest BCUT2D eigenvalue weighted by molar-refractivity contribution is 8.16. The topological polar surface area (TPSA) is 76.0 Å². The van der Waals surface area contributed by atoms with Crippen molar-refractivity contribution < 1.29 is 17.9 Å². The maximum Gasteiger partial charge on any atom is 0.250 e. The Hall–Kier alpha value is -1.25. The summed E-state index contributed by atoms with van der Waals surface area (Å²) in [5.74, 6) is 0.276. The van der Waals surface area contributed by atoms with Gasteiger partial charge in [0.25, 0.3) is 5.91 Å². The van der Waals surface area contributed by atoms with Crippen molar-refractivity contribution in [2.75, 3.05) is 23.5 Å². The van der Waals surface area contributed by atoms with Crippen LogP contribution in [0.25, 0.3) is 0 Å². The largest absolute Gasteiger partial charge is 0.495 e. The van der Waals surface area contributed by atoms with Gasteiger partial charge in [-0.15, -0.1) is 0 Å². The molecule has 1 aromatic carbocycles. The molecule has 9 heteroatoms. The van der Waals surface area contributed by atoms with Gasteiger partial charge in [-0.2, -0.15) is 4.99 Å². The van der Waals surface area contributed by atoms with E-state index in [0.29, 0.717) is 28.0 Å². The molecular weight excluding hydrogens is 396 g/mol. The number of anilines is 1. The van der Waals surface area contributed by atoms with Crippen LogP contribution < -0.4 is 9.64 Å². The number of hydrogen-bond donors (Lipinski definition) is 0. The molecule has 0 aliphatic carbocycles. The molecule has 0 aromatic heterocycles. The van der Waals surface area contributed by atoms with E-state index in [4.69, 9.17) is 16.3 Å². The van der Waals surface area contributed by atoms with Crippen molar-refractivity contribution in [3.05, 3.63) is 23.2 Å². The molecule has 0 radical (unpaired) electrons. The lowest BCUT2D eigenvalue weighted by Crippen LogP contribution is -2.38. The molecule has 2 fully saturated rings. The van der Waals surface area contributed by atoms with Gasteiger partial charge in [0.1, 0.15) is 5.75 Å². The number of methoxy groups -OCH3 is 1. The lowest BCUT2D eigenvalue weighted by atomic mass is 10.1. The number of amides is 1. The van der Waals surface area contributed by atoms with Gasteiger partial charge in [-0.25, -0.2) is 8.42 Å². The highest BCUT2D eigenvalue weighted by Gasteiger charge is 2.50. The second-order valence-electron chi connectivity index (χ2n) is 6.53. The summed E-state index contributed by atoms with van der Waals surface area (Å²) in [6.07, 6.45) is 0.696. The molecule has 0 N–H and O–H groups in total. The van der Waals surface area contributed by atoms with E-state index >= 15 is 0 Å². The zero-order chi connectivity index (χ0) is 19.1. The number of thioether (sulfide) groups is 1. The summed E-state index contributed by atoms with van der Waals surface area (Å²) in [6.45, 7) is 3.77. The maximum absolute atomic E-state index is 12.4. The van der Waals surface area contributed by atoms with E-state index in [0.717, 1.165) is 0 Å². The summed E-state index contributed by atoms with van der Waals surface area (Å²) in [7, 11) is -1.58. The van der Waals surface area contributed by atoms with E-state index in [-0.39, 0.29) is 34.6 Å². The number of nitrogens with zero attached hydrogens (tertiary/aromatic N) is 2. The molecule has 6 nitrogen and oxygen atoms in total. The first kappa shape index (κ1) is 19.5. The normalized spacial score (nSPS) is 26.8. The maximum atomic E-state index is 12.4. The van der Waals surface area contributed by atoms with Crippen LogP contribution in [-0.2, 0) is 14.6 Å². The fourth-order valence-electron chi connectivity index (χ4n) is 3.08. The predicted molar refractivity (Wildman–Crippen MR) is 106 cm³/mol. The smallest absolute Gasteiger partial charge is 0.250 e. The highest BCUT2D eigenvalue weighted by Crippen LogP contribution is 2.44. The van der Waals surface area contributed by atoms with E-state index in [1.165, 1.54) is 11.8 Å². The number of hydrogen-bond acceptors (Lipinski definition) is 5. The van der Waals surface area contributed by atoms with Crippen LogP contribution in [0, 0.1) is 5.92 Å². The summed E-state index contributed by atoms with van der Waals surface area (Å²) in [5, 5.41) is 0.857. The van der Waals surface area contributed by atoms with Crippen LogP contribution in [-0.4, -0.2) is 49.4 Å². The lowest BCUT2D eigenvalue weighted by Gasteiger charge is -2.26. The molecule has 2 saturated heterocycles. The van der Waals surface area contributed by atoms with Crippen LogP contribution in [0.1, 0.15) is 20.3 Å². The predicted octanol–water partition coefficient (Wildman–Crippen LogP) is 3.00. The molecular formula is C17H21ClN2O4S2. The standard InChI is InChI=1S/C17H21ClN2O4S2/c1-4-10(2)16(21)19-17-20(12-7-11(18)5-6-14(12)24-3)13-8-26(22,23)9-15(13)25-17/h5-7,10,13,15H,4,8-9H2,1-3H3/t10-,13+,15-/m0/s1. The van der Waals surface area contributed by atoms with Crippen molar-refractivity contribution in [2.45, 2.75) is 31.6 Å². The van der Waals surface area contributed by atoms with Crippen LogP contribution in [0.5, 0.6) is 5.75 Å².